The first kappa shape index (κ1) is 24.2. The van der Waals surface area contributed by atoms with Gasteiger partial charge in [-0.1, -0.05) is 42.5 Å². The number of rotatable bonds is 9. The minimum atomic E-state index is -4.43. The molecule has 0 heterocycles. The highest BCUT2D eigenvalue weighted by Crippen LogP contribution is 2.36. The molecule has 1 unspecified atom stereocenters. The number of likely N-dealkylation sites (N-methyl/N-ethyl adjacent to an activating group) is 1. The van der Waals surface area contributed by atoms with E-state index >= 15 is 0 Å². The molecule has 0 fully saturated rings. The van der Waals surface area contributed by atoms with Crippen LogP contribution < -0.4 is 4.74 Å². The zero-order chi connectivity index (χ0) is 24.0. The van der Waals surface area contributed by atoms with E-state index in [4.69, 9.17) is 4.74 Å². The molecular weight excluding hydrogens is 437 g/mol. The van der Waals surface area contributed by atoms with Gasteiger partial charge in [0.1, 0.15) is 18.5 Å². The maximum Gasteiger partial charge on any atom is 0.417 e. The van der Waals surface area contributed by atoms with E-state index < -0.39 is 22.8 Å². The number of nitro benzene ring substituents is 1. The third-order valence-corrected chi connectivity index (χ3v) is 4.96. The van der Waals surface area contributed by atoms with Crippen LogP contribution in [0.2, 0.25) is 0 Å². The second kappa shape index (κ2) is 10.5. The Morgan fingerprint density at radius 3 is 2.27 bits per heavy atom. The molecular formula is C24H23F3N2O4. The molecule has 3 aromatic carbocycles. The van der Waals surface area contributed by atoms with Crippen molar-refractivity contribution in [2.45, 2.75) is 18.8 Å². The molecule has 9 heteroatoms. The molecule has 0 bridgehead atoms. The van der Waals surface area contributed by atoms with Gasteiger partial charge in [0.15, 0.2) is 0 Å². The average Bonchev–Trinajstić information content (AvgIpc) is 2.78. The third kappa shape index (κ3) is 6.77. The Labute approximate surface area is 189 Å². The van der Waals surface area contributed by atoms with Gasteiger partial charge in [0, 0.05) is 25.2 Å². The van der Waals surface area contributed by atoms with Crippen molar-refractivity contribution in [2.75, 3.05) is 20.2 Å². The van der Waals surface area contributed by atoms with Crippen molar-refractivity contribution in [2.24, 2.45) is 0 Å². The normalized spacial score (nSPS) is 12.5. The highest BCUT2D eigenvalue weighted by molar-refractivity contribution is 5.68. The number of aliphatic hydroxyl groups excluding tert-OH is 1. The van der Waals surface area contributed by atoms with Gasteiger partial charge < -0.3 is 9.84 Å². The lowest BCUT2D eigenvalue weighted by Crippen LogP contribution is -2.32. The van der Waals surface area contributed by atoms with Gasteiger partial charge in [-0.25, -0.2) is 0 Å². The number of halogens is 3. The summed E-state index contributed by atoms with van der Waals surface area (Å²) in [5, 5.41) is 20.9. The van der Waals surface area contributed by atoms with Gasteiger partial charge in [0.2, 0.25) is 0 Å². The van der Waals surface area contributed by atoms with Crippen LogP contribution in [0.4, 0.5) is 18.9 Å². The van der Waals surface area contributed by atoms with Crippen LogP contribution >= 0.6 is 0 Å². The molecule has 0 aromatic heterocycles. The van der Waals surface area contributed by atoms with Crippen LogP contribution in [0, 0.1) is 10.1 Å². The molecule has 0 spiro atoms. The number of alkyl halides is 3. The van der Waals surface area contributed by atoms with E-state index in [1.165, 1.54) is 36.4 Å². The summed E-state index contributed by atoms with van der Waals surface area (Å²) in [6.45, 7) is 0.788. The minimum absolute atomic E-state index is 0.00924. The summed E-state index contributed by atoms with van der Waals surface area (Å²) in [7, 11) is 1.81. The molecule has 33 heavy (non-hydrogen) atoms. The van der Waals surface area contributed by atoms with Crippen molar-refractivity contribution in [3.8, 4) is 16.9 Å². The number of non-ortho nitro benzene ring substituents is 1. The Morgan fingerprint density at radius 1 is 1.03 bits per heavy atom. The Hall–Kier alpha value is -3.43. The van der Waals surface area contributed by atoms with Gasteiger partial charge in [-0.15, -0.1) is 0 Å². The molecule has 0 radical (unpaired) electrons. The molecule has 1 atom stereocenters. The van der Waals surface area contributed by atoms with Crippen molar-refractivity contribution >= 4 is 5.69 Å². The van der Waals surface area contributed by atoms with E-state index in [2.05, 4.69) is 0 Å². The van der Waals surface area contributed by atoms with E-state index in [-0.39, 0.29) is 17.9 Å². The summed E-state index contributed by atoms with van der Waals surface area (Å²) in [5.74, 6) is 0.414. The van der Waals surface area contributed by atoms with E-state index in [1.54, 1.807) is 30.3 Å². The smallest absolute Gasteiger partial charge is 0.417 e. The standard InChI is InChI=1S/C24H23F3N2O4/c1-28(15-20(30)16-33-21-12-10-19(11-13-21)29(31)32)14-17-6-8-18(9-7-17)22-4-2-3-5-23(22)24(25,26)27/h2-13,20,30H,14-16H2,1H3. The first-order valence-corrected chi connectivity index (χ1v) is 10.1. The fourth-order valence-electron chi connectivity index (χ4n) is 3.42. The van der Waals surface area contributed by atoms with Gasteiger partial charge in [-0.3, -0.25) is 15.0 Å². The SMILES string of the molecule is CN(Cc1ccc(-c2ccccc2C(F)(F)F)cc1)CC(O)COc1ccc([N+](=O)[O-])cc1. The van der Waals surface area contributed by atoms with E-state index in [0.29, 0.717) is 24.4 Å². The molecule has 0 aliphatic heterocycles. The van der Waals surface area contributed by atoms with E-state index in [0.717, 1.165) is 11.6 Å². The Morgan fingerprint density at radius 2 is 1.67 bits per heavy atom. The molecule has 6 nitrogen and oxygen atoms in total. The number of aliphatic hydroxyl groups is 1. The van der Waals surface area contributed by atoms with Crippen LogP contribution in [0.1, 0.15) is 11.1 Å². The highest BCUT2D eigenvalue weighted by Gasteiger charge is 2.33. The fraction of sp³-hybridized carbons (Fsp3) is 0.250. The van der Waals surface area contributed by atoms with Crippen molar-refractivity contribution in [3.63, 3.8) is 0 Å². The van der Waals surface area contributed by atoms with Crippen molar-refractivity contribution in [1.29, 1.82) is 0 Å². The van der Waals surface area contributed by atoms with Crippen LogP contribution in [0.25, 0.3) is 11.1 Å². The first-order valence-electron chi connectivity index (χ1n) is 10.1. The molecule has 1 N–H and O–H groups in total. The summed E-state index contributed by atoms with van der Waals surface area (Å²) in [4.78, 5) is 12.0. The lowest BCUT2D eigenvalue weighted by atomic mass is 9.98. The molecule has 0 amide bonds. The Bertz CT molecular complexity index is 1070. The lowest BCUT2D eigenvalue weighted by Gasteiger charge is -2.21. The van der Waals surface area contributed by atoms with Gasteiger partial charge >= 0.3 is 6.18 Å². The Kier molecular flexibility index (Phi) is 7.67. The number of nitrogens with zero attached hydrogens (tertiary/aromatic N) is 2. The predicted octanol–water partition coefficient (Wildman–Crippen LogP) is 5.15. The van der Waals surface area contributed by atoms with Crippen LogP contribution in [0.3, 0.4) is 0 Å². The number of benzene rings is 3. The zero-order valence-electron chi connectivity index (χ0n) is 17.8. The topological polar surface area (TPSA) is 75.8 Å². The third-order valence-electron chi connectivity index (χ3n) is 4.96. The summed E-state index contributed by atoms with van der Waals surface area (Å²) < 4.78 is 45.2. The lowest BCUT2D eigenvalue weighted by molar-refractivity contribution is -0.384. The number of nitro groups is 1. The Balaban J connectivity index is 1.53. The number of hydrogen-bond donors (Lipinski definition) is 1. The molecule has 0 saturated heterocycles. The van der Waals surface area contributed by atoms with Gasteiger partial charge in [-0.05, 0) is 41.9 Å². The van der Waals surface area contributed by atoms with E-state index in [9.17, 15) is 28.4 Å². The zero-order valence-corrected chi connectivity index (χ0v) is 17.8. The van der Waals surface area contributed by atoms with Gasteiger partial charge in [0.25, 0.3) is 5.69 Å². The number of ether oxygens (including phenoxy) is 1. The van der Waals surface area contributed by atoms with Crippen LogP contribution in [-0.2, 0) is 12.7 Å². The second-order valence-corrected chi connectivity index (χ2v) is 7.65. The summed E-state index contributed by atoms with van der Waals surface area (Å²) in [6.07, 6.45) is -5.23. The fourth-order valence-corrected chi connectivity index (χ4v) is 3.42. The molecule has 174 valence electrons. The van der Waals surface area contributed by atoms with Crippen molar-refractivity contribution in [1.82, 2.24) is 4.90 Å². The van der Waals surface area contributed by atoms with Crippen LogP contribution in [0.15, 0.2) is 72.8 Å². The quantitative estimate of drug-likeness (QED) is 0.353. The van der Waals surface area contributed by atoms with Crippen molar-refractivity contribution < 1.29 is 27.9 Å². The minimum Gasteiger partial charge on any atom is -0.491 e. The average molecular weight is 460 g/mol. The summed E-state index contributed by atoms with van der Waals surface area (Å²) in [6, 6.07) is 17.9. The van der Waals surface area contributed by atoms with E-state index in [1.807, 2.05) is 11.9 Å². The molecule has 0 aliphatic rings. The number of hydrogen-bond acceptors (Lipinski definition) is 5. The monoisotopic (exact) mass is 460 g/mol. The second-order valence-electron chi connectivity index (χ2n) is 7.65. The van der Waals surface area contributed by atoms with Gasteiger partial charge in [-0.2, -0.15) is 13.2 Å². The van der Waals surface area contributed by atoms with Crippen molar-refractivity contribution in [3.05, 3.63) is 94.0 Å². The molecule has 0 aliphatic carbocycles. The molecule has 3 rings (SSSR count). The predicted molar refractivity (Wildman–Crippen MR) is 118 cm³/mol. The first-order chi connectivity index (χ1) is 15.6. The largest absolute Gasteiger partial charge is 0.491 e. The maximum atomic E-state index is 13.3. The highest BCUT2D eigenvalue weighted by atomic mass is 19.4. The maximum absolute atomic E-state index is 13.3. The molecule has 0 saturated carbocycles. The molecule has 3 aromatic rings. The summed E-state index contributed by atoms with van der Waals surface area (Å²) >= 11 is 0. The van der Waals surface area contributed by atoms with Gasteiger partial charge in [0.05, 0.1) is 10.5 Å². The van der Waals surface area contributed by atoms with Crippen LogP contribution in [-0.4, -0.2) is 41.2 Å². The van der Waals surface area contributed by atoms with Crippen LogP contribution in [0.5, 0.6) is 5.75 Å². The summed E-state index contributed by atoms with van der Waals surface area (Å²) in [5.41, 5.74) is 0.769.